The van der Waals surface area contributed by atoms with E-state index in [1.54, 1.807) is 18.2 Å². The Kier molecular flexibility index (Phi) is 4.87. The van der Waals surface area contributed by atoms with Crippen LogP contribution in [0.3, 0.4) is 0 Å². The van der Waals surface area contributed by atoms with E-state index in [1.165, 1.54) is 32.3 Å². The minimum absolute atomic E-state index is 0.167. The van der Waals surface area contributed by atoms with Gasteiger partial charge in [-0.05, 0) is 56.2 Å². The highest BCUT2D eigenvalue weighted by molar-refractivity contribution is 6.02. The van der Waals surface area contributed by atoms with Gasteiger partial charge in [0, 0.05) is 11.6 Å². The van der Waals surface area contributed by atoms with E-state index in [1.807, 2.05) is 6.92 Å². The number of rotatable bonds is 3. The summed E-state index contributed by atoms with van der Waals surface area (Å²) in [4.78, 5) is 25.1. The lowest BCUT2D eigenvalue weighted by Crippen LogP contribution is -2.52. The largest absolute Gasteiger partial charge is 0.508 e. The molecule has 0 saturated carbocycles. The molecule has 7 nitrogen and oxygen atoms in total. The number of phenolic OH excluding ortho intramolecular Hbond substituents is 2. The van der Waals surface area contributed by atoms with Crippen LogP contribution in [0.5, 0.6) is 11.5 Å². The van der Waals surface area contributed by atoms with Crippen LogP contribution in [-0.2, 0) is 14.3 Å². The average Bonchev–Trinajstić information content (AvgIpc) is 2.58. The molecule has 2 aliphatic rings. The third-order valence-electron chi connectivity index (χ3n) is 4.59. The van der Waals surface area contributed by atoms with Crippen LogP contribution in [0.15, 0.2) is 59.6 Å². The minimum Gasteiger partial charge on any atom is -0.508 e. The van der Waals surface area contributed by atoms with Gasteiger partial charge in [0.2, 0.25) is 0 Å². The van der Waals surface area contributed by atoms with Gasteiger partial charge >= 0.3 is 5.97 Å². The number of esters is 1. The summed E-state index contributed by atoms with van der Waals surface area (Å²) in [5.41, 5.74) is -1.12. The Morgan fingerprint density at radius 1 is 1.29 bits per heavy atom. The van der Waals surface area contributed by atoms with E-state index in [9.17, 15) is 24.9 Å². The van der Waals surface area contributed by atoms with E-state index < -0.39 is 29.2 Å². The Morgan fingerprint density at radius 3 is 2.64 bits per heavy atom. The van der Waals surface area contributed by atoms with Crippen LogP contribution in [0.25, 0.3) is 0 Å². The summed E-state index contributed by atoms with van der Waals surface area (Å²) in [6.07, 6.45) is 6.31. The van der Waals surface area contributed by atoms with E-state index in [-0.39, 0.29) is 16.9 Å². The molecule has 146 valence electrons. The van der Waals surface area contributed by atoms with Gasteiger partial charge in [-0.3, -0.25) is 4.79 Å². The molecule has 3 rings (SSSR count). The lowest BCUT2D eigenvalue weighted by molar-refractivity contribution is -0.140. The first-order chi connectivity index (χ1) is 13.1. The van der Waals surface area contributed by atoms with E-state index in [0.717, 1.165) is 6.07 Å². The predicted octanol–water partition coefficient (Wildman–Crippen LogP) is 2.57. The first-order valence-corrected chi connectivity index (χ1v) is 8.58. The fourth-order valence-electron chi connectivity index (χ4n) is 3.14. The first-order valence-electron chi connectivity index (χ1n) is 8.58. The van der Waals surface area contributed by atoms with Crippen LogP contribution in [-0.4, -0.2) is 38.8 Å². The van der Waals surface area contributed by atoms with Crippen molar-refractivity contribution in [2.75, 3.05) is 0 Å². The smallest absolute Gasteiger partial charge is 0.342 e. The fraction of sp³-hybridized carbons (Fsp3) is 0.238. The second kappa shape index (κ2) is 7.01. The third-order valence-corrected chi connectivity index (χ3v) is 4.59. The number of benzene rings is 1. The van der Waals surface area contributed by atoms with E-state index in [0.29, 0.717) is 16.9 Å². The number of ether oxygens (including phenoxy) is 2. The maximum atomic E-state index is 12.7. The molecule has 0 saturated heterocycles. The lowest BCUT2D eigenvalue weighted by atomic mass is 9.79. The Morgan fingerprint density at radius 2 is 2.00 bits per heavy atom. The monoisotopic (exact) mass is 384 g/mol. The molecule has 1 aliphatic heterocycles. The molecule has 0 bridgehead atoms. The molecule has 0 spiro atoms. The maximum absolute atomic E-state index is 12.7. The second-order valence-electron chi connectivity index (χ2n) is 6.79. The maximum Gasteiger partial charge on any atom is 0.342 e. The molecule has 1 heterocycles. The highest BCUT2D eigenvalue weighted by Gasteiger charge is 2.48. The van der Waals surface area contributed by atoms with Crippen LogP contribution in [0.1, 0.15) is 29.8 Å². The molecule has 2 unspecified atom stereocenters. The number of allylic oxidation sites excluding steroid dienone is 3. The van der Waals surface area contributed by atoms with Crippen LogP contribution in [0, 0.1) is 6.92 Å². The molecule has 7 heteroatoms. The number of ketones is 1. The van der Waals surface area contributed by atoms with Crippen molar-refractivity contribution >= 4 is 11.8 Å². The summed E-state index contributed by atoms with van der Waals surface area (Å²) in [6, 6.07) is 2.30. The third kappa shape index (κ3) is 3.32. The Labute approximate surface area is 161 Å². The van der Waals surface area contributed by atoms with Crippen molar-refractivity contribution in [1.29, 1.82) is 0 Å². The van der Waals surface area contributed by atoms with Crippen molar-refractivity contribution in [3.8, 4) is 11.5 Å². The van der Waals surface area contributed by atoms with Gasteiger partial charge in [-0.25, -0.2) is 4.79 Å². The SMILES string of the molecule is CC=CC1=CC2=CC(=O)C(C)(O)C(OC(=O)c3c(C)cc(O)cc3O)C2=CO1. The minimum atomic E-state index is -2.01. The standard InChI is InChI=1S/C21H20O7/c1-4-5-14-7-12-8-17(24)21(3,26)19(15(12)10-27-14)28-20(25)18-11(2)6-13(22)9-16(18)23/h4-10,19,22-23,26H,1-3H3. The van der Waals surface area contributed by atoms with Crippen molar-refractivity contribution in [3.05, 3.63) is 70.7 Å². The number of hydrogen-bond acceptors (Lipinski definition) is 7. The molecule has 1 aromatic rings. The molecule has 3 N–H and O–H groups in total. The van der Waals surface area contributed by atoms with Gasteiger partial charge in [-0.2, -0.15) is 0 Å². The summed E-state index contributed by atoms with van der Waals surface area (Å²) in [5.74, 6) is -1.75. The van der Waals surface area contributed by atoms with Gasteiger partial charge in [0.05, 0.1) is 6.26 Å². The Bertz CT molecular complexity index is 953. The molecule has 0 amide bonds. The highest BCUT2D eigenvalue weighted by Crippen LogP contribution is 2.37. The average molecular weight is 384 g/mol. The van der Waals surface area contributed by atoms with Gasteiger partial charge in [-0.15, -0.1) is 0 Å². The van der Waals surface area contributed by atoms with Crippen molar-refractivity contribution < 1.29 is 34.4 Å². The Balaban J connectivity index is 1.98. The topological polar surface area (TPSA) is 113 Å². The molecule has 1 aromatic carbocycles. The normalized spacial score (nSPS) is 24.1. The number of aryl methyl sites for hydroxylation is 1. The zero-order valence-electron chi connectivity index (χ0n) is 15.6. The van der Waals surface area contributed by atoms with Crippen molar-refractivity contribution in [2.45, 2.75) is 32.5 Å². The van der Waals surface area contributed by atoms with Crippen molar-refractivity contribution in [3.63, 3.8) is 0 Å². The molecule has 2 atom stereocenters. The fourth-order valence-corrected chi connectivity index (χ4v) is 3.14. The van der Waals surface area contributed by atoms with E-state index in [2.05, 4.69) is 0 Å². The lowest BCUT2D eigenvalue weighted by Gasteiger charge is -2.36. The molecule has 0 fully saturated rings. The van der Waals surface area contributed by atoms with E-state index >= 15 is 0 Å². The highest BCUT2D eigenvalue weighted by atomic mass is 16.6. The van der Waals surface area contributed by atoms with Gasteiger partial charge in [0.1, 0.15) is 22.8 Å². The summed E-state index contributed by atoms with van der Waals surface area (Å²) in [6.45, 7) is 4.57. The van der Waals surface area contributed by atoms with Gasteiger partial charge in [0.15, 0.2) is 17.5 Å². The molecule has 28 heavy (non-hydrogen) atoms. The second-order valence-corrected chi connectivity index (χ2v) is 6.79. The molecule has 0 aromatic heterocycles. The summed E-state index contributed by atoms with van der Waals surface area (Å²) >= 11 is 0. The van der Waals surface area contributed by atoms with Crippen molar-refractivity contribution in [1.82, 2.24) is 0 Å². The number of phenols is 2. The van der Waals surface area contributed by atoms with Crippen LogP contribution in [0.4, 0.5) is 0 Å². The van der Waals surface area contributed by atoms with Gasteiger partial charge in [0.25, 0.3) is 0 Å². The van der Waals surface area contributed by atoms with Gasteiger partial charge < -0.3 is 24.8 Å². The quantitative estimate of drug-likeness (QED) is 0.687. The Hall–Kier alpha value is -3.32. The predicted molar refractivity (Wildman–Crippen MR) is 99.5 cm³/mol. The number of aliphatic hydroxyl groups is 1. The number of carbonyl (C=O) groups excluding carboxylic acids is 2. The molecule has 0 radical (unpaired) electrons. The van der Waals surface area contributed by atoms with Gasteiger partial charge in [-0.1, -0.05) is 6.08 Å². The number of carbonyl (C=O) groups is 2. The summed E-state index contributed by atoms with van der Waals surface area (Å²) in [7, 11) is 0. The van der Waals surface area contributed by atoms with Crippen LogP contribution >= 0.6 is 0 Å². The summed E-state index contributed by atoms with van der Waals surface area (Å²) in [5, 5.41) is 30.2. The van der Waals surface area contributed by atoms with Crippen LogP contribution < -0.4 is 0 Å². The zero-order valence-corrected chi connectivity index (χ0v) is 15.6. The number of aromatic hydroxyl groups is 2. The summed E-state index contributed by atoms with van der Waals surface area (Å²) < 4.78 is 10.9. The first kappa shape index (κ1) is 19.4. The molecular formula is C21H20O7. The van der Waals surface area contributed by atoms with Crippen LogP contribution in [0.2, 0.25) is 0 Å². The number of hydrogen-bond donors (Lipinski definition) is 3. The molecule has 1 aliphatic carbocycles. The molecular weight excluding hydrogens is 364 g/mol. The van der Waals surface area contributed by atoms with Crippen molar-refractivity contribution in [2.24, 2.45) is 0 Å². The van der Waals surface area contributed by atoms with E-state index in [4.69, 9.17) is 9.47 Å². The number of fused-ring (bicyclic) bond motifs is 1. The zero-order chi connectivity index (χ0) is 20.6.